The molecule has 0 aromatic carbocycles. The zero-order valence-electron chi connectivity index (χ0n) is 18.8. The van der Waals surface area contributed by atoms with Gasteiger partial charge in [0.05, 0.1) is 6.54 Å². The Labute approximate surface area is 192 Å². The molecule has 1 fully saturated rings. The third-order valence-corrected chi connectivity index (χ3v) is 6.49. The van der Waals surface area contributed by atoms with Crippen molar-refractivity contribution in [3.05, 3.63) is 34.2 Å². The molecule has 1 aliphatic carbocycles. The Bertz CT molecular complexity index is 890. The van der Waals surface area contributed by atoms with Gasteiger partial charge in [-0.25, -0.2) is 0 Å². The highest BCUT2D eigenvalue weighted by Crippen LogP contribution is 2.21. The SMILES string of the molecule is CCC[C@@H](C(=O)NC1CCCC1)N(Cc1cccs1)C(=O)CCC(=O)Nc1cc(C)on1. The van der Waals surface area contributed by atoms with Gasteiger partial charge in [0.25, 0.3) is 0 Å². The fourth-order valence-electron chi connectivity index (χ4n) is 4.01. The van der Waals surface area contributed by atoms with E-state index >= 15 is 0 Å². The molecule has 2 aromatic heterocycles. The number of hydrogen-bond acceptors (Lipinski definition) is 6. The Kier molecular flexibility index (Phi) is 8.84. The molecule has 0 bridgehead atoms. The Morgan fingerprint density at radius 2 is 2.06 bits per heavy atom. The molecule has 3 amide bonds. The highest BCUT2D eigenvalue weighted by molar-refractivity contribution is 7.09. The van der Waals surface area contributed by atoms with Crippen molar-refractivity contribution < 1.29 is 18.9 Å². The van der Waals surface area contributed by atoms with Gasteiger partial charge < -0.3 is 20.1 Å². The van der Waals surface area contributed by atoms with Crippen molar-refractivity contribution in [3.8, 4) is 0 Å². The number of thiophene rings is 1. The van der Waals surface area contributed by atoms with Crippen LogP contribution in [0.4, 0.5) is 5.82 Å². The molecule has 0 aliphatic heterocycles. The van der Waals surface area contributed by atoms with Gasteiger partial charge in [-0.15, -0.1) is 11.3 Å². The van der Waals surface area contributed by atoms with Gasteiger partial charge in [-0.3, -0.25) is 14.4 Å². The Morgan fingerprint density at radius 1 is 1.28 bits per heavy atom. The molecule has 1 saturated carbocycles. The average Bonchev–Trinajstić information content (AvgIpc) is 3.53. The molecule has 3 rings (SSSR count). The van der Waals surface area contributed by atoms with E-state index in [2.05, 4.69) is 15.8 Å². The van der Waals surface area contributed by atoms with Crippen LogP contribution in [-0.2, 0) is 20.9 Å². The summed E-state index contributed by atoms with van der Waals surface area (Å²) in [6.07, 6.45) is 5.63. The minimum Gasteiger partial charge on any atom is -0.360 e. The minimum absolute atomic E-state index is 0.00870. The number of amides is 3. The summed E-state index contributed by atoms with van der Waals surface area (Å²) in [5.74, 6) is 0.311. The van der Waals surface area contributed by atoms with E-state index in [9.17, 15) is 14.4 Å². The number of rotatable bonds is 11. The molecule has 1 atom stereocenters. The van der Waals surface area contributed by atoms with Crippen molar-refractivity contribution >= 4 is 34.9 Å². The number of carbonyl (C=O) groups is 3. The van der Waals surface area contributed by atoms with Crippen LogP contribution in [0.25, 0.3) is 0 Å². The standard InChI is InChI=1S/C23H32N4O4S/c1-3-7-19(23(30)24-17-8-4-5-9-17)27(15-18-10-6-13-32-18)22(29)12-11-21(28)25-20-14-16(2)31-26-20/h6,10,13-14,17,19H,3-5,7-9,11-12,15H2,1-2H3,(H,24,30)(H,25,26,28)/t19-/m0/s1. The van der Waals surface area contributed by atoms with E-state index < -0.39 is 6.04 Å². The lowest BCUT2D eigenvalue weighted by atomic mass is 10.1. The topological polar surface area (TPSA) is 105 Å². The molecule has 9 heteroatoms. The molecule has 8 nitrogen and oxygen atoms in total. The third-order valence-electron chi connectivity index (χ3n) is 5.63. The van der Waals surface area contributed by atoms with E-state index in [0.29, 0.717) is 24.5 Å². The lowest BCUT2D eigenvalue weighted by Gasteiger charge is -2.31. The summed E-state index contributed by atoms with van der Waals surface area (Å²) in [4.78, 5) is 41.3. The predicted molar refractivity (Wildman–Crippen MR) is 123 cm³/mol. The van der Waals surface area contributed by atoms with Crippen LogP contribution in [0.1, 0.15) is 68.9 Å². The van der Waals surface area contributed by atoms with E-state index in [0.717, 1.165) is 37.0 Å². The Hall–Kier alpha value is -2.68. The van der Waals surface area contributed by atoms with Crippen molar-refractivity contribution in [2.24, 2.45) is 0 Å². The van der Waals surface area contributed by atoms with E-state index in [1.54, 1.807) is 29.2 Å². The molecule has 0 saturated heterocycles. The first-order valence-corrected chi connectivity index (χ1v) is 12.2. The number of anilines is 1. The number of carbonyl (C=O) groups excluding carboxylic acids is 3. The van der Waals surface area contributed by atoms with Crippen LogP contribution in [0.15, 0.2) is 28.1 Å². The van der Waals surface area contributed by atoms with Crippen molar-refractivity contribution in [3.63, 3.8) is 0 Å². The Morgan fingerprint density at radius 3 is 2.69 bits per heavy atom. The van der Waals surface area contributed by atoms with Crippen molar-refractivity contribution in [1.29, 1.82) is 0 Å². The second-order valence-electron chi connectivity index (χ2n) is 8.27. The quantitative estimate of drug-likeness (QED) is 0.527. The van der Waals surface area contributed by atoms with Gasteiger partial charge in [-0.2, -0.15) is 0 Å². The first-order valence-electron chi connectivity index (χ1n) is 11.3. The normalized spacial score (nSPS) is 14.8. The fraction of sp³-hybridized carbons (Fsp3) is 0.565. The zero-order chi connectivity index (χ0) is 22.9. The van der Waals surface area contributed by atoms with E-state index in [-0.39, 0.29) is 36.6 Å². The molecule has 2 aromatic rings. The summed E-state index contributed by atoms with van der Waals surface area (Å²) >= 11 is 1.55. The van der Waals surface area contributed by atoms with Gasteiger partial charge in [-0.1, -0.05) is 37.4 Å². The molecular formula is C23H32N4O4S. The molecule has 174 valence electrons. The van der Waals surface area contributed by atoms with Crippen molar-refractivity contribution in [2.75, 3.05) is 5.32 Å². The van der Waals surface area contributed by atoms with E-state index in [1.165, 1.54) is 0 Å². The summed E-state index contributed by atoms with van der Waals surface area (Å²) in [5, 5.41) is 11.5. The second kappa shape index (κ2) is 11.8. The van der Waals surface area contributed by atoms with Crippen LogP contribution in [0, 0.1) is 6.92 Å². The molecule has 0 spiro atoms. The first-order chi connectivity index (χ1) is 15.5. The summed E-state index contributed by atoms with van der Waals surface area (Å²) < 4.78 is 4.94. The molecule has 32 heavy (non-hydrogen) atoms. The summed E-state index contributed by atoms with van der Waals surface area (Å²) in [6, 6.07) is 5.16. The van der Waals surface area contributed by atoms with Crippen LogP contribution in [-0.4, -0.2) is 39.9 Å². The molecule has 1 aliphatic rings. The smallest absolute Gasteiger partial charge is 0.243 e. The number of hydrogen-bond donors (Lipinski definition) is 2. The molecule has 0 unspecified atom stereocenters. The highest BCUT2D eigenvalue weighted by atomic mass is 32.1. The lowest BCUT2D eigenvalue weighted by Crippen LogP contribution is -2.51. The largest absolute Gasteiger partial charge is 0.360 e. The Balaban J connectivity index is 1.66. The second-order valence-corrected chi connectivity index (χ2v) is 9.30. The van der Waals surface area contributed by atoms with Crippen molar-refractivity contribution in [2.45, 2.75) is 83.8 Å². The van der Waals surface area contributed by atoms with Gasteiger partial charge in [0.2, 0.25) is 17.7 Å². The summed E-state index contributed by atoms with van der Waals surface area (Å²) in [5.41, 5.74) is 0. The predicted octanol–water partition coefficient (Wildman–Crippen LogP) is 4.02. The van der Waals surface area contributed by atoms with Gasteiger partial charge in [-0.05, 0) is 37.6 Å². The third kappa shape index (κ3) is 6.91. The van der Waals surface area contributed by atoms with Crippen LogP contribution >= 0.6 is 11.3 Å². The summed E-state index contributed by atoms with van der Waals surface area (Å²) in [6.45, 7) is 4.11. The monoisotopic (exact) mass is 460 g/mol. The molecule has 0 radical (unpaired) electrons. The van der Waals surface area contributed by atoms with Crippen LogP contribution in [0.5, 0.6) is 0 Å². The lowest BCUT2D eigenvalue weighted by molar-refractivity contribution is -0.142. The van der Waals surface area contributed by atoms with Crippen molar-refractivity contribution in [1.82, 2.24) is 15.4 Å². The first kappa shape index (κ1) is 24.0. The number of nitrogens with one attached hydrogen (secondary N) is 2. The molecule has 2 N–H and O–H groups in total. The van der Waals surface area contributed by atoms with Gasteiger partial charge >= 0.3 is 0 Å². The average molecular weight is 461 g/mol. The highest BCUT2D eigenvalue weighted by Gasteiger charge is 2.31. The van der Waals surface area contributed by atoms with E-state index in [4.69, 9.17) is 4.52 Å². The number of aryl methyl sites for hydroxylation is 1. The van der Waals surface area contributed by atoms with Crippen LogP contribution < -0.4 is 10.6 Å². The zero-order valence-corrected chi connectivity index (χ0v) is 19.6. The van der Waals surface area contributed by atoms with Gasteiger partial charge in [0, 0.05) is 29.8 Å². The van der Waals surface area contributed by atoms with Crippen LogP contribution in [0.2, 0.25) is 0 Å². The van der Waals surface area contributed by atoms with Gasteiger partial charge in [0.15, 0.2) is 5.82 Å². The maximum Gasteiger partial charge on any atom is 0.243 e. The van der Waals surface area contributed by atoms with Gasteiger partial charge in [0.1, 0.15) is 11.8 Å². The van der Waals surface area contributed by atoms with E-state index in [1.807, 2.05) is 24.4 Å². The number of nitrogens with zero attached hydrogens (tertiary/aromatic N) is 2. The summed E-state index contributed by atoms with van der Waals surface area (Å²) in [7, 11) is 0. The number of aromatic nitrogens is 1. The minimum atomic E-state index is -0.545. The molecular weight excluding hydrogens is 428 g/mol. The molecule has 2 heterocycles. The maximum absolute atomic E-state index is 13.2. The van der Waals surface area contributed by atoms with Crippen LogP contribution in [0.3, 0.4) is 0 Å². The fourth-order valence-corrected chi connectivity index (χ4v) is 4.71. The maximum atomic E-state index is 13.2.